The molecule has 0 radical (unpaired) electrons. The second-order valence-electron chi connectivity index (χ2n) is 1.51. The average Bonchev–Trinajstić information content (AvgIpc) is 1.91. The third kappa shape index (κ3) is 12.6. The molecule has 0 saturated carbocycles. The average molecular weight is 196 g/mol. The van der Waals surface area contributed by atoms with Gasteiger partial charge in [-0.25, -0.2) is 6.42 Å². The van der Waals surface area contributed by atoms with E-state index in [1.165, 1.54) is 6.92 Å². The number of ether oxygens (including phenoxy) is 1. The first-order valence-electron chi connectivity index (χ1n) is 2.87. The molecule has 0 aliphatic heterocycles. The zero-order chi connectivity index (χ0) is 9.28. The zero-order valence-corrected chi connectivity index (χ0v) is 7.76. The fraction of sp³-hybridized carbons (Fsp3) is 0.500. The van der Waals surface area contributed by atoms with E-state index in [0.717, 1.165) is 23.8 Å². The maximum atomic E-state index is 10.4. The molecule has 0 aliphatic rings. The van der Waals surface area contributed by atoms with E-state index in [1.54, 1.807) is 6.92 Å². The van der Waals surface area contributed by atoms with Gasteiger partial charge >= 0.3 is 21.0 Å². The van der Waals surface area contributed by atoms with Crippen LogP contribution >= 0.6 is 0 Å². The summed E-state index contributed by atoms with van der Waals surface area (Å²) in [6.07, 6.45) is 0.920. The Labute approximate surface area is 74.5 Å². The van der Waals surface area contributed by atoms with E-state index in [4.69, 9.17) is 3.67 Å². The van der Waals surface area contributed by atoms with Crippen LogP contribution in [-0.2, 0) is 35.4 Å². The minimum absolute atomic E-state index is 0.284. The molecule has 0 bridgehead atoms. The Hall–Kier alpha value is -0.606. The van der Waals surface area contributed by atoms with Gasteiger partial charge in [0.05, 0.1) is 6.61 Å². The second-order valence-corrected chi connectivity index (χ2v) is 1.51. The van der Waals surface area contributed by atoms with Crippen LogP contribution in [0.25, 0.3) is 0 Å². The van der Waals surface area contributed by atoms with Crippen LogP contribution in [0.3, 0.4) is 0 Å². The number of hydrogen-bond acceptors (Lipinski definition) is 4. The molecule has 5 heteroatoms. The molecule has 11 heavy (non-hydrogen) atoms. The molecule has 0 spiro atoms. The van der Waals surface area contributed by atoms with Gasteiger partial charge in [0.25, 0.3) is 0 Å². The summed E-state index contributed by atoms with van der Waals surface area (Å²) in [5, 5.41) is 0. The molecule has 0 aromatic rings. The molecular weight excluding hydrogens is 187 g/mol. The number of carbonyl (C=O) groups excluding carboxylic acids is 2. The summed E-state index contributed by atoms with van der Waals surface area (Å²) >= 11 is 1.06. The predicted octanol–water partition coefficient (Wildman–Crippen LogP) is 0.221. The van der Waals surface area contributed by atoms with Crippen LogP contribution < -0.4 is 0 Å². The Balaban J connectivity index is 0. The molecular formula is C6H9O4V-. The van der Waals surface area contributed by atoms with Gasteiger partial charge in [0.15, 0.2) is 5.97 Å². The summed E-state index contributed by atoms with van der Waals surface area (Å²) in [6.45, 7) is 3.30. The molecule has 0 heterocycles. The number of esters is 1. The monoisotopic (exact) mass is 196 g/mol. The van der Waals surface area contributed by atoms with Crippen molar-refractivity contribution in [3.8, 4) is 0 Å². The van der Waals surface area contributed by atoms with Crippen LogP contribution in [-0.4, -0.2) is 18.4 Å². The summed E-state index contributed by atoms with van der Waals surface area (Å²) in [4.78, 5) is 20.5. The van der Waals surface area contributed by atoms with E-state index in [0.29, 0.717) is 6.61 Å². The van der Waals surface area contributed by atoms with Crippen molar-refractivity contribution in [2.45, 2.75) is 13.8 Å². The minimum atomic E-state index is -0.565. The molecule has 0 aromatic carbocycles. The van der Waals surface area contributed by atoms with Gasteiger partial charge < -0.3 is 9.53 Å². The van der Waals surface area contributed by atoms with Crippen LogP contribution in [0.4, 0.5) is 0 Å². The fourth-order valence-electron chi connectivity index (χ4n) is 0.350. The summed E-state index contributed by atoms with van der Waals surface area (Å²) in [5.74, 6) is -0.849. The van der Waals surface area contributed by atoms with Crippen molar-refractivity contribution in [2.75, 3.05) is 6.61 Å². The van der Waals surface area contributed by atoms with Crippen LogP contribution in [0.2, 0.25) is 0 Å². The van der Waals surface area contributed by atoms with Crippen molar-refractivity contribution in [1.29, 1.82) is 0 Å². The van der Waals surface area contributed by atoms with Gasteiger partial charge in [-0.15, -0.1) is 0 Å². The predicted molar refractivity (Wildman–Crippen MR) is 32.3 cm³/mol. The van der Waals surface area contributed by atoms with Gasteiger partial charge in [0.2, 0.25) is 0 Å². The molecule has 0 saturated heterocycles. The van der Waals surface area contributed by atoms with Crippen LogP contribution in [0.1, 0.15) is 13.8 Å². The molecule has 0 rings (SSSR count). The summed E-state index contributed by atoms with van der Waals surface area (Å²) < 4.78 is 12.6. The Morgan fingerprint density at radius 3 is 2.18 bits per heavy atom. The first kappa shape index (κ1) is 13.0. The first-order chi connectivity index (χ1) is 5.16. The van der Waals surface area contributed by atoms with E-state index in [-0.39, 0.29) is 5.78 Å². The van der Waals surface area contributed by atoms with Gasteiger partial charge in [0.1, 0.15) is 0 Å². The van der Waals surface area contributed by atoms with Crippen LogP contribution in [0.15, 0.2) is 0 Å². The van der Waals surface area contributed by atoms with Gasteiger partial charge in [-0.05, 0) is 13.8 Å². The van der Waals surface area contributed by atoms with Gasteiger partial charge in [-0.3, -0.25) is 4.79 Å². The molecule has 0 N–H and O–H groups in total. The molecule has 0 unspecified atom stereocenters. The van der Waals surface area contributed by atoms with Crippen LogP contribution in [0, 0.1) is 6.42 Å². The number of hydrogen-bond donors (Lipinski definition) is 0. The Morgan fingerprint density at radius 1 is 1.45 bits per heavy atom. The Morgan fingerprint density at radius 2 is 1.91 bits per heavy atom. The maximum absolute atomic E-state index is 10.4. The summed E-state index contributed by atoms with van der Waals surface area (Å²) in [6, 6.07) is 0. The van der Waals surface area contributed by atoms with Gasteiger partial charge in [-0.1, -0.05) is 0 Å². The Bertz CT molecular complexity index is 135. The molecule has 0 fully saturated rings. The zero-order valence-electron chi connectivity index (χ0n) is 6.36. The molecule has 4 nitrogen and oxygen atoms in total. The fourth-order valence-corrected chi connectivity index (χ4v) is 0.350. The third-order valence-corrected chi connectivity index (χ3v) is 0.608. The van der Waals surface area contributed by atoms with Crippen molar-refractivity contribution >= 4 is 11.8 Å². The number of rotatable bonds is 3. The third-order valence-electron chi connectivity index (χ3n) is 0.608. The van der Waals surface area contributed by atoms with Crippen LogP contribution in [0.5, 0.6) is 0 Å². The van der Waals surface area contributed by atoms with Crippen molar-refractivity contribution in [2.24, 2.45) is 0 Å². The summed E-state index contributed by atoms with van der Waals surface area (Å²) in [7, 11) is 0. The second kappa shape index (κ2) is 9.39. The van der Waals surface area contributed by atoms with Gasteiger partial charge in [0, 0.05) is 5.78 Å². The Kier molecular flexibility index (Phi) is 11.1. The van der Waals surface area contributed by atoms with E-state index >= 15 is 0 Å². The van der Waals surface area contributed by atoms with Crippen molar-refractivity contribution in [3.05, 3.63) is 6.42 Å². The van der Waals surface area contributed by atoms with Gasteiger partial charge in [-0.2, -0.15) is 0 Å². The first-order valence-corrected chi connectivity index (χ1v) is 3.44. The van der Waals surface area contributed by atoms with E-state index < -0.39 is 5.97 Å². The molecule has 0 amide bonds. The molecule has 0 aliphatic carbocycles. The van der Waals surface area contributed by atoms with Crippen molar-refractivity contribution in [1.82, 2.24) is 0 Å². The number of carbonyl (C=O) groups is 2. The quantitative estimate of drug-likeness (QED) is 0.368. The number of ketones is 1. The van der Waals surface area contributed by atoms with E-state index in [9.17, 15) is 9.59 Å². The molecule has 0 atom stereocenters. The molecule has 63 valence electrons. The normalized spacial score (nSPS) is 7.00. The summed E-state index contributed by atoms with van der Waals surface area (Å²) in [5.41, 5.74) is 0. The van der Waals surface area contributed by atoms with E-state index in [1.807, 2.05) is 0 Å². The topological polar surface area (TPSA) is 60.4 Å². The van der Waals surface area contributed by atoms with Crippen molar-refractivity contribution < 1.29 is 35.4 Å². The number of Topliss-reactive ketones (excluding diaryl/α,β-unsaturated/α-hetero) is 1. The molecule has 0 aromatic heterocycles. The standard InChI is InChI=1S/C6H9O3.O.V/c1-3-9-6(8)4-5(2)7;;/h4H,3H2,1-2H3;;/q-1;;. The SMILES string of the molecule is CCOC(=O)[CH-]C(C)=O.[O]=[V]. The van der Waals surface area contributed by atoms with E-state index in [2.05, 4.69) is 4.74 Å². The van der Waals surface area contributed by atoms with Crippen molar-refractivity contribution in [3.63, 3.8) is 0 Å².